The van der Waals surface area contributed by atoms with Crippen molar-refractivity contribution in [1.82, 2.24) is 5.32 Å². The molecule has 1 saturated carbocycles. The highest BCUT2D eigenvalue weighted by Gasteiger charge is 2.19. The summed E-state index contributed by atoms with van der Waals surface area (Å²) in [6.45, 7) is 1.75. The molecule has 1 aromatic carbocycles. The molecule has 94 valence electrons. The summed E-state index contributed by atoms with van der Waals surface area (Å²) in [5.74, 6) is 0.657. The molecular weight excluding hydrogens is 215 g/mol. The van der Waals surface area contributed by atoms with E-state index in [9.17, 15) is 4.39 Å². The summed E-state index contributed by atoms with van der Waals surface area (Å²) in [5, 5.41) is 3.06. The molecule has 17 heavy (non-hydrogen) atoms. The molecule has 0 unspecified atom stereocenters. The van der Waals surface area contributed by atoms with Crippen molar-refractivity contribution in [2.24, 2.45) is 5.92 Å². The summed E-state index contributed by atoms with van der Waals surface area (Å²) in [6, 6.07) is 5.28. The zero-order chi connectivity index (χ0) is 12.3. The van der Waals surface area contributed by atoms with Crippen molar-refractivity contribution in [2.75, 3.05) is 25.5 Å². The van der Waals surface area contributed by atoms with Gasteiger partial charge >= 0.3 is 0 Å². The van der Waals surface area contributed by atoms with Crippen molar-refractivity contribution in [3.8, 4) is 0 Å². The largest absolute Gasteiger partial charge is 0.374 e. The molecule has 0 saturated heterocycles. The Hall–Kier alpha value is -1.09. The lowest BCUT2D eigenvalue weighted by Crippen LogP contribution is -2.29. The van der Waals surface area contributed by atoms with Crippen LogP contribution in [0.2, 0.25) is 0 Å². The van der Waals surface area contributed by atoms with Gasteiger partial charge < -0.3 is 10.2 Å². The van der Waals surface area contributed by atoms with Gasteiger partial charge in [-0.05, 0) is 49.6 Å². The van der Waals surface area contributed by atoms with E-state index in [0.717, 1.165) is 23.7 Å². The third kappa shape index (κ3) is 3.19. The molecule has 0 amide bonds. The standard InChI is InChI=1S/C14H21FN2/c1-16-9-12-6-13(15)8-14(7-12)17(2)10-11-4-3-5-11/h6-8,11,16H,3-5,9-10H2,1-2H3. The molecule has 3 heteroatoms. The van der Waals surface area contributed by atoms with Crippen LogP contribution in [0, 0.1) is 11.7 Å². The fourth-order valence-electron chi connectivity index (χ4n) is 2.33. The Morgan fingerprint density at radius 1 is 1.35 bits per heavy atom. The van der Waals surface area contributed by atoms with Crippen LogP contribution in [0.15, 0.2) is 18.2 Å². The average molecular weight is 236 g/mol. The molecule has 0 bridgehead atoms. The molecule has 0 aliphatic heterocycles. The van der Waals surface area contributed by atoms with Gasteiger partial charge in [0.25, 0.3) is 0 Å². The Kier molecular flexibility index (Phi) is 4.00. The maximum Gasteiger partial charge on any atom is 0.125 e. The number of anilines is 1. The van der Waals surface area contributed by atoms with E-state index in [1.165, 1.54) is 19.3 Å². The van der Waals surface area contributed by atoms with Gasteiger partial charge in [0.2, 0.25) is 0 Å². The van der Waals surface area contributed by atoms with Gasteiger partial charge in [-0.1, -0.05) is 6.42 Å². The van der Waals surface area contributed by atoms with Crippen LogP contribution in [0.25, 0.3) is 0 Å². The summed E-state index contributed by atoms with van der Waals surface area (Å²) in [4.78, 5) is 2.17. The predicted octanol–water partition coefficient (Wildman–Crippen LogP) is 2.78. The van der Waals surface area contributed by atoms with E-state index in [4.69, 9.17) is 0 Å². The molecule has 0 atom stereocenters. The van der Waals surface area contributed by atoms with E-state index in [1.807, 2.05) is 7.05 Å². The fraction of sp³-hybridized carbons (Fsp3) is 0.571. The summed E-state index contributed by atoms with van der Waals surface area (Å²) >= 11 is 0. The third-order valence-electron chi connectivity index (χ3n) is 3.52. The van der Waals surface area contributed by atoms with Crippen molar-refractivity contribution < 1.29 is 4.39 Å². The van der Waals surface area contributed by atoms with Crippen LogP contribution in [-0.2, 0) is 6.54 Å². The van der Waals surface area contributed by atoms with Crippen LogP contribution in [0.3, 0.4) is 0 Å². The maximum atomic E-state index is 13.5. The zero-order valence-electron chi connectivity index (χ0n) is 10.7. The zero-order valence-corrected chi connectivity index (χ0v) is 10.7. The SMILES string of the molecule is CNCc1cc(F)cc(N(C)CC2CCC2)c1. The molecule has 1 aliphatic rings. The monoisotopic (exact) mass is 236 g/mol. The van der Waals surface area contributed by atoms with Gasteiger partial charge in [0.1, 0.15) is 5.82 Å². The van der Waals surface area contributed by atoms with Crippen molar-refractivity contribution in [2.45, 2.75) is 25.8 Å². The molecule has 2 nitrogen and oxygen atoms in total. The summed E-state index contributed by atoms with van der Waals surface area (Å²) in [5.41, 5.74) is 1.99. The fourth-order valence-corrected chi connectivity index (χ4v) is 2.33. The smallest absolute Gasteiger partial charge is 0.125 e. The minimum absolute atomic E-state index is 0.145. The molecule has 0 radical (unpaired) electrons. The average Bonchev–Trinajstić information content (AvgIpc) is 2.23. The molecule has 2 rings (SSSR count). The Labute approximate surface area is 103 Å². The van der Waals surface area contributed by atoms with E-state index in [0.29, 0.717) is 6.54 Å². The van der Waals surface area contributed by atoms with E-state index in [-0.39, 0.29) is 5.82 Å². The molecule has 0 spiro atoms. The number of rotatable bonds is 5. The Balaban J connectivity index is 2.06. The van der Waals surface area contributed by atoms with Crippen molar-refractivity contribution in [1.29, 1.82) is 0 Å². The predicted molar refractivity (Wildman–Crippen MR) is 69.8 cm³/mol. The second-order valence-electron chi connectivity index (χ2n) is 5.03. The molecule has 0 heterocycles. The highest BCUT2D eigenvalue weighted by Crippen LogP contribution is 2.28. The first kappa shape index (κ1) is 12.4. The number of hydrogen-bond donors (Lipinski definition) is 1. The molecule has 1 fully saturated rings. The second kappa shape index (κ2) is 5.50. The summed E-state index contributed by atoms with van der Waals surface area (Å²) in [6.07, 6.45) is 4.00. The van der Waals surface area contributed by atoms with E-state index in [2.05, 4.69) is 23.3 Å². The van der Waals surface area contributed by atoms with Gasteiger partial charge in [0, 0.05) is 25.8 Å². The number of nitrogens with zero attached hydrogens (tertiary/aromatic N) is 1. The van der Waals surface area contributed by atoms with Crippen LogP contribution in [0.5, 0.6) is 0 Å². The first-order valence-electron chi connectivity index (χ1n) is 6.34. The maximum absolute atomic E-state index is 13.5. The first-order valence-corrected chi connectivity index (χ1v) is 6.34. The van der Waals surface area contributed by atoms with Crippen molar-refractivity contribution in [3.05, 3.63) is 29.6 Å². The third-order valence-corrected chi connectivity index (χ3v) is 3.52. The van der Waals surface area contributed by atoms with Gasteiger partial charge in [0.05, 0.1) is 0 Å². The van der Waals surface area contributed by atoms with Crippen molar-refractivity contribution >= 4 is 5.69 Å². The van der Waals surface area contributed by atoms with E-state index in [1.54, 1.807) is 12.1 Å². The first-order chi connectivity index (χ1) is 8.19. The van der Waals surface area contributed by atoms with Crippen LogP contribution in [-0.4, -0.2) is 20.6 Å². The highest BCUT2D eigenvalue weighted by atomic mass is 19.1. The lowest BCUT2D eigenvalue weighted by Gasteiger charge is -2.31. The number of hydrogen-bond acceptors (Lipinski definition) is 2. The summed E-state index contributed by atoms with van der Waals surface area (Å²) < 4.78 is 13.5. The molecular formula is C14H21FN2. The topological polar surface area (TPSA) is 15.3 Å². The Morgan fingerprint density at radius 2 is 2.12 bits per heavy atom. The van der Waals surface area contributed by atoms with Crippen molar-refractivity contribution in [3.63, 3.8) is 0 Å². The van der Waals surface area contributed by atoms with Crippen LogP contribution < -0.4 is 10.2 Å². The van der Waals surface area contributed by atoms with Gasteiger partial charge in [-0.25, -0.2) is 4.39 Å². The van der Waals surface area contributed by atoms with E-state index < -0.39 is 0 Å². The highest BCUT2D eigenvalue weighted by molar-refractivity contribution is 5.48. The lowest BCUT2D eigenvalue weighted by atomic mass is 9.85. The Morgan fingerprint density at radius 3 is 2.71 bits per heavy atom. The Bertz CT molecular complexity index is 374. The number of halogens is 1. The number of benzene rings is 1. The van der Waals surface area contributed by atoms with Crippen LogP contribution >= 0.6 is 0 Å². The lowest BCUT2D eigenvalue weighted by molar-refractivity contribution is 0.321. The van der Waals surface area contributed by atoms with Gasteiger partial charge in [-0.2, -0.15) is 0 Å². The molecule has 1 N–H and O–H groups in total. The minimum Gasteiger partial charge on any atom is -0.374 e. The van der Waals surface area contributed by atoms with Crippen LogP contribution in [0.4, 0.5) is 10.1 Å². The summed E-state index contributed by atoms with van der Waals surface area (Å²) in [7, 11) is 3.93. The van der Waals surface area contributed by atoms with Gasteiger partial charge in [-0.3, -0.25) is 0 Å². The minimum atomic E-state index is -0.145. The van der Waals surface area contributed by atoms with Crippen LogP contribution in [0.1, 0.15) is 24.8 Å². The second-order valence-corrected chi connectivity index (χ2v) is 5.03. The molecule has 0 aromatic heterocycles. The van der Waals surface area contributed by atoms with E-state index >= 15 is 0 Å². The molecule has 1 aromatic rings. The number of nitrogens with one attached hydrogen (secondary N) is 1. The molecule has 1 aliphatic carbocycles. The van der Waals surface area contributed by atoms with Gasteiger partial charge in [-0.15, -0.1) is 0 Å². The normalized spacial score (nSPS) is 15.7. The van der Waals surface area contributed by atoms with Gasteiger partial charge in [0.15, 0.2) is 0 Å². The quantitative estimate of drug-likeness (QED) is 0.845.